The van der Waals surface area contributed by atoms with Crippen LogP contribution in [0.15, 0.2) is 35.2 Å². The van der Waals surface area contributed by atoms with Crippen molar-refractivity contribution in [2.45, 2.75) is 33.4 Å². The summed E-state index contributed by atoms with van der Waals surface area (Å²) in [5.41, 5.74) is 3.94. The van der Waals surface area contributed by atoms with Crippen LogP contribution in [0, 0.1) is 13.8 Å². The van der Waals surface area contributed by atoms with Crippen molar-refractivity contribution in [3.05, 3.63) is 53.2 Å². The van der Waals surface area contributed by atoms with Crippen LogP contribution in [0.2, 0.25) is 0 Å². The van der Waals surface area contributed by atoms with Crippen molar-refractivity contribution < 1.29 is 4.42 Å². The third-order valence-corrected chi connectivity index (χ3v) is 2.97. The summed E-state index contributed by atoms with van der Waals surface area (Å²) < 4.78 is 5.20. The van der Waals surface area contributed by atoms with Crippen LogP contribution < -0.4 is 5.32 Å². The smallest absolute Gasteiger partial charge is 0.180 e. The van der Waals surface area contributed by atoms with Gasteiger partial charge < -0.3 is 9.73 Å². The summed E-state index contributed by atoms with van der Waals surface area (Å²) in [6.07, 6.45) is 3.20. The van der Waals surface area contributed by atoms with E-state index in [0.717, 1.165) is 5.76 Å². The molecule has 0 amide bonds. The molecule has 2 rings (SSSR count). The molecule has 3 heteroatoms. The first-order valence-corrected chi connectivity index (χ1v) is 5.84. The van der Waals surface area contributed by atoms with Gasteiger partial charge in [-0.2, -0.15) is 0 Å². The van der Waals surface area contributed by atoms with Crippen LogP contribution >= 0.6 is 0 Å². The number of hydrogen-bond acceptors (Lipinski definition) is 3. The molecule has 0 spiro atoms. The highest BCUT2D eigenvalue weighted by atomic mass is 16.3. The monoisotopic (exact) mass is 230 g/mol. The van der Waals surface area contributed by atoms with Gasteiger partial charge in [-0.3, -0.25) is 0 Å². The Kier molecular flexibility index (Phi) is 3.59. The number of aryl methyl sites for hydroxylation is 2. The minimum atomic E-state index is 0.306. The Morgan fingerprint density at radius 3 is 2.88 bits per heavy atom. The Bertz CT molecular complexity index is 477. The van der Waals surface area contributed by atoms with Gasteiger partial charge in [0.15, 0.2) is 6.39 Å². The van der Waals surface area contributed by atoms with Gasteiger partial charge in [-0.15, -0.1) is 0 Å². The summed E-state index contributed by atoms with van der Waals surface area (Å²) in [6.45, 7) is 7.13. The first-order valence-electron chi connectivity index (χ1n) is 5.84. The van der Waals surface area contributed by atoms with Crippen molar-refractivity contribution in [3.63, 3.8) is 0 Å². The molecular weight excluding hydrogens is 212 g/mol. The quantitative estimate of drug-likeness (QED) is 0.876. The molecule has 0 radical (unpaired) electrons. The molecule has 0 fully saturated rings. The Hall–Kier alpha value is -1.61. The molecule has 2 aromatic rings. The van der Waals surface area contributed by atoms with Crippen molar-refractivity contribution in [1.82, 2.24) is 10.3 Å². The van der Waals surface area contributed by atoms with E-state index in [1.165, 1.54) is 23.1 Å². The standard InChI is InChI=1S/C14H18N2O/c1-10-4-5-11(2)14(6-10)12(3)16-8-13-7-15-9-17-13/h4-7,9,12,16H,8H2,1-3H3. The van der Waals surface area contributed by atoms with Crippen molar-refractivity contribution >= 4 is 0 Å². The molecule has 0 bridgehead atoms. The molecule has 90 valence electrons. The van der Waals surface area contributed by atoms with Crippen LogP contribution in [0.5, 0.6) is 0 Å². The van der Waals surface area contributed by atoms with Crippen LogP contribution in [-0.2, 0) is 6.54 Å². The number of hydrogen-bond donors (Lipinski definition) is 1. The largest absolute Gasteiger partial charge is 0.447 e. The molecule has 1 atom stereocenters. The topological polar surface area (TPSA) is 38.1 Å². The molecule has 17 heavy (non-hydrogen) atoms. The summed E-state index contributed by atoms with van der Waals surface area (Å²) in [6, 6.07) is 6.84. The SMILES string of the molecule is Cc1ccc(C)c(C(C)NCc2cnco2)c1. The highest BCUT2D eigenvalue weighted by Gasteiger charge is 2.08. The Balaban J connectivity index is 2.04. The Morgan fingerprint density at radius 1 is 1.35 bits per heavy atom. The van der Waals surface area contributed by atoms with Gasteiger partial charge in [-0.25, -0.2) is 4.98 Å². The molecule has 0 aliphatic carbocycles. The summed E-state index contributed by atoms with van der Waals surface area (Å²) in [5.74, 6) is 0.863. The van der Waals surface area contributed by atoms with E-state index in [9.17, 15) is 0 Å². The second-order valence-electron chi connectivity index (χ2n) is 4.43. The molecule has 0 saturated heterocycles. The lowest BCUT2D eigenvalue weighted by atomic mass is 10.00. The number of rotatable bonds is 4. The molecule has 0 saturated carbocycles. The van der Waals surface area contributed by atoms with Gasteiger partial charge in [0.2, 0.25) is 0 Å². The zero-order chi connectivity index (χ0) is 12.3. The lowest BCUT2D eigenvalue weighted by Crippen LogP contribution is -2.18. The van der Waals surface area contributed by atoms with Crippen molar-refractivity contribution in [2.75, 3.05) is 0 Å². The first kappa shape index (κ1) is 11.9. The van der Waals surface area contributed by atoms with Crippen LogP contribution in [0.25, 0.3) is 0 Å². The van der Waals surface area contributed by atoms with Gasteiger partial charge in [0.05, 0.1) is 12.7 Å². The summed E-state index contributed by atoms with van der Waals surface area (Å²) in [5, 5.41) is 3.44. The fraction of sp³-hybridized carbons (Fsp3) is 0.357. The summed E-state index contributed by atoms with van der Waals surface area (Å²) in [4.78, 5) is 3.90. The van der Waals surface area contributed by atoms with Gasteiger partial charge in [-0.05, 0) is 31.9 Å². The molecule has 3 nitrogen and oxygen atoms in total. The van der Waals surface area contributed by atoms with Gasteiger partial charge in [0.25, 0.3) is 0 Å². The Labute approximate surface area is 102 Å². The van der Waals surface area contributed by atoms with Crippen LogP contribution in [0.1, 0.15) is 35.4 Å². The van der Waals surface area contributed by atoms with Crippen LogP contribution in [-0.4, -0.2) is 4.98 Å². The highest BCUT2D eigenvalue weighted by Crippen LogP contribution is 2.19. The average molecular weight is 230 g/mol. The second kappa shape index (κ2) is 5.15. The minimum absolute atomic E-state index is 0.306. The van der Waals surface area contributed by atoms with Crippen molar-refractivity contribution in [1.29, 1.82) is 0 Å². The van der Waals surface area contributed by atoms with Gasteiger partial charge >= 0.3 is 0 Å². The molecule has 1 aromatic carbocycles. The molecular formula is C14H18N2O. The van der Waals surface area contributed by atoms with Gasteiger partial charge in [0.1, 0.15) is 5.76 Å². The second-order valence-corrected chi connectivity index (χ2v) is 4.43. The predicted octanol–water partition coefficient (Wildman–Crippen LogP) is 3.14. The van der Waals surface area contributed by atoms with Gasteiger partial charge in [-0.1, -0.05) is 23.8 Å². The van der Waals surface area contributed by atoms with E-state index >= 15 is 0 Å². The third-order valence-electron chi connectivity index (χ3n) is 2.97. The lowest BCUT2D eigenvalue weighted by molar-refractivity contribution is 0.457. The van der Waals surface area contributed by atoms with Crippen LogP contribution in [0.4, 0.5) is 0 Å². The third kappa shape index (κ3) is 2.94. The maximum absolute atomic E-state index is 5.20. The molecule has 0 aliphatic heterocycles. The number of nitrogens with zero attached hydrogens (tertiary/aromatic N) is 1. The molecule has 1 aromatic heterocycles. The highest BCUT2D eigenvalue weighted by molar-refractivity contribution is 5.32. The minimum Gasteiger partial charge on any atom is -0.447 e. The van der Waals surface area contributed by atoms with E-state index < -0.39 is 0 Å². The normalized spacial score (nSPS) is 12.6. The van der Waals surface area contributed by atoms with E-state index in [1.54, 1.807) is 6.20 Å². The molecule has 0 aliphatic rings. The number of benzene rings is 1. The summed E-state index contributed by atoms with van der Waals surface area (Å²) >= 11 is 0. The average Bonchev–Trinajstić information content (AvgIpc) is 2.82. The predicted molar refractivity (Wildman–Crippen MR) is 67.7 cm³/mol. The van der Waals surface area contributed by atoms with E-state index in [1.807, 2.05) is 0 Å². The molecule has 1 unspecified atom stereocenters. The van der Waals surface area contributed by atoms with E-state index in [0.29, 0.717) is 12.6 Å². The molecule has 1 N–H and O–H groups in total. The maximum atomic E-state index is 5.20. The fourth-order valence-electron chi connectivity index (χ4n) is 1.92. The van der Waals surface area contributed by atoms with Crippen LogP contribution in [0.3, 0.4) is 0 Å². The van der Waals surface area contributed by atoms with Gasteiger partial charge in [0, 0.05) is 6.04 Å². The zero-order valence-corrected chi connectivity index (χ0v) is 10.5. The van der Waals surface area contributed by atoms with Crippen molar-refractivity contribution in [2.24, 2.45) is 0 Å². The number of oxazole rings is 1. The fourth-order valence-corrected chi connectivity index (χ4v) is 1.92. The first-order chi connectivity index (χ1) is 8.16. The van der Waals surface area contributed by atoms with E-state index in [2.05, 4.69) is 49.3 Å². The van der Waals surface area contributed by atoms with E-state index in [-0.39, 0.29) is 0 Å². The Morgan fingerprint density at radius 2 is 2.18 bits per heavy atom. The lowest BCUT2D eigenvalue weighted by Gasteiger charge is -2.16. The van der Waals surface area contributed by atoms with Crippen molar-refractivity contribution in [3.8, 4) is 0 Å². The molecule has 1 heterocycles. The number of nitrogens with one attached hydrogen (secondary N) is 1. The maximum Gasteiger partial charge on any atom is 0.180 e. The van der Waals surface area contributed by atoms with E-state index in [4.69, 9.17) is 4.42 Å². The zero-order valence-electron chi connectivity index (χ0n) is 10.5. The number of aromatic nitrogens is 1. The summed E-state index contributed by atoms with van der Waals surface area (Å²) in [7, 11) is 0.